The van der Waals surface area contributed by atoms with Gasteiger partial charge < -0.3 is 15.0 Å². The average molecular weight is 209 g/mol. The van der Waals surface area contributed by atoms with Gasteiger partial charge in [-0.15, -0.1) is 0 Å². The first-order chi connectivity index (χ1) is 7.15. The zero-order valence-electron chi connectivity index (χ0n) is 9.15. The predicted octanol–water partition coefficient (Wildman–Crippen LogP) is 0.732. The van der Waals surface area contributed by atoms with Crippen molar-refractivity contribution in [2.45, 2.75) is 0 Å². The minimum atomic E-state index is -0.186. The molecule has 0 aliphatic heterocycles. The Morgan fingerprint density at radius 2 is 2.33 bits per heavy atom. The highest BCUT2D eigenvalue weighted by molar-refractivity contribution is 5.94. The number of nitrogens with one attached hydrogen (secondary N) is 1. The van der Waals surface area contributed by atoms with E-state index in [-0.39, 0.29) is 12.5 Å². The number of rotatable bonds is 4. The number of nitrogens with zero attached hydrogens (tertiary/aromatic N) is 2. The van der Waals surface area contributed by atoms with Crippen LogP contribution in [-0.4, -0.2) is 38.7 Å². The Hall–Kier alpha value is -1.62. The topological polar surface area (TPSA) is 54.5 Å². The number of hydrogen-bond donors (Lipinski definition) is 1. The summed E-state index contributed by atoms with van der Waals surface area (Å²) in [6.07, 6.45) is 3.30. The van der Waals surface area contributed by atoms with Crippen LogP contribution in [-0.2, 0) is 9.53 Å². The smallest absolute Gasteiger partial charge is 0.250 e. The lowest BCUT2D eigenvalue weighted by Crippen LogP contribution is -2.20. The van der Waals surface area contributed by atoms with E-state index < -0.39 is 0 Å². The molecule has 0 unspecified atom stereocenters. The first-order valence-corrected chi connectivity index (χ1v) is 4.55. The van der Waals surface area contributed by atoms with Gasteiger partial charge >= 0.3 is 0 Å². The van der Waals surface area contributed by atoms with Gasteiger partial charge in [-0.25, -0.2) is 0 Å². The van der Waals surface area contributed by atoms with E-state index in [0.29, 0.717) is 5.69 Å². The van der Waals surface area contributed by atoms with Gasteiger partial charge in [-0.2, -0.15) is 0 Å². The number of methoxy groups -OCH3 is 1. The number of hydrogen-bond acceptors (Lipinski definition) is 4. The molecule has 0 atom stereocenters. The molecule has 15 heavy (non-hydrogen) atoms. The molecule has 82 valence electrons. The average Bonchev–Trinajstić information content (AvgIpc) is 2.18. The molecule has 0 aliphatic carbocycles. The molecule has 0 radical (unpaired) electrons. The van der Waals surface area contributed by atoms with Gasteiger partial charge in [0.2, 0.25) is 5.91 Å². The van der Waals surface area contributed by atoms with E-state index >= 15 is 0 Å². The van der Waals surface area contributed by atoms with Crippen molar-refractivity contribution in [3.63, 3.8) is 0 Å². The summed E-state index contributed by atoms with van der Waals surface area (Å²) in [6, 6.07) is 1.84. The fraction of sp³-hybridized carbons (Fsp3) is 0.400. The third kappa shape index (κ3) is 3.21. The summed E-state index contributed by atoms with van der Waals surface area (Å²) < 4.78 is 4.73. The number of pyridine rings is 1. The molecule has 5 nitrogen and oxygen atoms in total. The lowest BCUT2D eigenvalue weighted by Gasteiger charge is -2.16. The Bertz CT molecular complexity index is 339. The van der Waals surface area contributed by atoms with Gasteiger partial charge in [0.25, 0.3) is 0 Å². The molecule has 0 saturated heterocycles. The number of carbonyl (C=O) groups excluding carboxylic acids is 1. The maximum atomic E-state index is 11.3. The number of aromatic nitrogens is 1. The van der Waals surface area contributed by atoms with Crippen LogP contribution >= 0.6 is 0 Å². The maximum Gasteiger partial charge on any atom is 0.250 e. The highest BCUT2D eigenvalue weighted by Crippen LogP contribution is 2.21. The van der Waals surface area contributed by atoms with Crippen LogP contribution in [0.15, 0.2) is 18.5 Å². The third-order valence-electron chi connectivity index (χ3n) is 1.83. The fourth-order valence-electron chi connectivity index (χ4n) is 1.19. The second kappa shape index (κ2) is 5.31. The number of ether oxygens (including phenoxy) is 1. The van der Waals surface area contributed by atoms with Gasteiger partial charge in [0.15, 0.2) is 0 Å². The minimum absolute atomic E-state index is 0.0434. The van der Waals surface area contributed by atoms with Crippen molar-refractivity contribution in [3.05, 3.63) is 18.5 Å². The molecule has 1 rings (SSSR count). The highest BCUT2D eigenvalue weighted by atomic mass is 16.5. The molecular weight excluding hydrogens is 194 g/mol. The summed E-state index contributed by atoms with van der Waals surface area (Å²) in [4.78, 5) is 17.2. The van der Waals surface area contributed by atoms with Gasteiger partial charge in [0.1, 0.15) is 6.61 Å². The van der Waals surface area contributed by atoms with Crippen molar-refractivity contribution in [1.82, 2.24) is 4.98 Å². The molecule has 0 fully saturated rings. The molecule has 1 aromatic heterocycles. The number of carbonyl (C=O) groups is 1. The van der Waals surface area contributed by atoms with Gasteiger partial charge in [0, 0.05) is 27.4 Å². The summed E-state index contributed by atoms with van der Waals surface area (Å²) in [5.41, 5.74) is 1.60. The zero-order valence-corrected chi connectivity index (χ0v) is 9.15. The van der Waals surface area contributed by atoms with E-state index in [1.807, 2.05) is 25.1 Å². The van der Waals surface area contributed by atoms with Crippen molar-refractivity contribution < 1.29 is 9.53 Å². The summed E-state index contributed by atoms with van der Waals surface area (Å²) >= 11 is 0. The zero-order chi connectivity index (χ0) is 11.3. The summed E-state index contributed by atoms with van der Waals surface area (Å²) in [6.45, 7) is 0.0434. The normalized spacial score (nSPS) is 9.80. The molecule has 0 spiro atoms. The third-order valence-corrected chi connectivity index (χ3v) is 1.83. The van der Waals surface area contributed by atoms with Crippen molar-refractivity contribution in [3.8, 4) is 0 Å². The van der Waals surface area contributed by atoms with Crippen LogP contribution in [0.5, 0.6) is 0 Å². The molecular formula is C10H15N3O2. The van der Waals surface area contributed by atoms with Crippen LogP contribution in [0.1, 0.15) is 0 Å². The van der Waals surface area contributed by atoms with Crippen LogP contribution in [0.4, 0.5) is 11.4 Å². The van der Waals surface area contributed by atoms with E-state index in [0.717, 1.165) is 5.69 Å². The second-order valence-electron chi connectivity index (χ2n) is 3.27. The van der Waals surface area contributed by atoms with Crippen molar-refractivity contribution >= 4 is 17.3 Å². The Morgan fingerprint density at radius 3 is 2.93 bits per heavy atom. The fourth-order valence-corrected chi connectivity index (χ4v) is 1.19. The molecule has 0 aromatic carbocycles. The quantitative estimate of drug-likeness (QED) is 0.794. The first-order valence-electron chi connectivity index (χ1n) is 4.55. The van der Waals surface area contributed by atoms with Gasteiger partial charge in [0.05, 0.1) is 17.6 Å². The van der Waals surface area contributed by atoms with Crippen LogP contribution < -0.4 is 10.2 Å². The van der Waals surface area contributed by atoms with Gasteiger partial charge in [-0.3, -0.25) is 9.78 Å². The van der Waals surface area contributed by atoms with E-state index in [4.69, 9.17) is 4.74 Å². The number of anilines is 2. The van der Waals surface area contributed by atoms with E-state index in [1.54, 1.807) is 12.4 Å². The Labute approximate surface area is 89.1 Å². The standard InChI is InChI=1S/C10H15N3O2/c1-13(2)9-4-5-11-6-8(9)12-10(14)7-15-3/h4-6H,7H2,1-3H3,(H,12,14). The van der Waals surface area contributed by atoms with Gasteiger partial charge in [-0.05, 0) is 6.07 Å². The number of amides is 1. The van der Waals surface area contributed by atoms with E-state index in [1.165, 1.54) is 7.11 Å². The SMILES string of the molecule is COCC(=O)Nc1cnccc1N(C)C. The second-order valence-corrected chi connectivity index (χ2v) is 3.27. The maximum absolute atomic E-state index is 11.3. The molecule has 5 heteroatoms. The lowest BCUT2D eigenvalue weighted by molar-refractivity contribution is -0.119. The lowest BCUT2D eigenvalue weighted by atomic mass is 10.3. The molecule has 0 saturated carbocycles. The Kier molecular flexibility index (Phi) is 4.05. The largest absolute Gasteiger partial charge is 0.376 e. The van der Waals surface area contributed by atoms with Crippen LogP contribution in [0, 0.1) is 0 Å². The molecule has 0 aliphatic rings. The summed E-state index contributed by atoms with van der Waals surface area (Å²) in [5.74, 6) is -0.186. The molecule has 1 N–H and O–H groups in total. The van der Waals surface area contributed by atoms with E-state index in [2.05, 4.69) is 10.3 Å². The van der Waals surface area contributed by atoms with E-state index in [9.17, 15) is 4.79 Å². The van der Waals surface area contributed by atoms with Crippen molar-refractivity contribution in [1.29, 1.82) is 0 Å². The van der Waals surface area contributed by atoms with Crippen molar-refractivity contribution in [2.75, 3.05) is 38.0 Å². The highest BCUT2D eigenvalue weighted by Gasteiger charge is 2.07. The first kappa shape index (κ1) is 11.5. The van der Waals surface area contributed by atoms with Crippen molar-refractivity contribution in [2.24, 2.45) is 0 Å². The minimum Gasteiger partial charge on any atom is -0.376 e. The van der Waals surface area contributed by atoms with Crippen LogP contribution in [0.25, 0.3) is 0 Å². The molecule has 1 aromatic rings. The summed E-state index contributed by atoms with van der Waals surface area (Å²) in [7, 11) is 5.29. The molecule has 1 heterocycles. The molecule has 1 amide bonds. The van der Waals surface area contributed by atoms with Crippen LogP contribution in [0.2, 0.25) is 0 Å². The predicted molar refractivity (Wildman–Crippen MR) is 59.1 cm³/mol. The monoisotopic (exact) mass is 209 g/mol. The van der Waals surface area contributed by atoms with Crippen LogP contribution in [0.3, 0.4) is 0 Å². The Morgan fingerprint density at radius 1 is 1.60 bits per heavy atom. The summed E-state index contributed by atoms with van der Waals surface area (Å²) in [5, 5.41) is 2.72. The van der Waals surface area contributed by atoms with Gasteiger partial charge in [-0.1, -0.05) is 0 Å². The Balaban J connectivity index is 2.80. The molecule has 0 bridgehead atoms.